The molecule has 0 amide bonds. The van der Waals surface area contributed by atoms with Gasteiger partial charge in [-0.05, 0) is 25.5 Å². The van der Waals surface area contributed by atoms with E-state index >= 15 is 0 Å². The highest BCUT2D eigenvalue weighted by Gasteiger charge is 2.19. The first kappa shape index (κ1) is 13.5. The molecular formula is C15H24N2O. The maximum Gasteiger partial charge on any atom is 0.0702 e. The Balaban J connectivity index is 1.85. The van der Waals surface area contributed by atoms with E-state index in [1.165, 1.54) is 18.4 Å². The molecule has 1 saturated heterocycles. The van der Waals surface area contributed by atoms with Gasteiger partial charge in [0, 0.05) is 32.2 Å². The van der Waals surface area contributed by atoms with E-state index in [2.05, 4.69) is 36.2 Å². The van der Waals surface area contributed by atoms with Gasteiger partial charge in [-0.2, -0.15) is 0 Å². The molecule has 1 fully saturated rings. The largest absolute Gasteiger partial charge is 0.377 e. The molecule has 1 aliphatic rings. The SMILES string of the molecule is CN(CC1CCCO1)CC(CN)c1ccccc1. The van der Waals surface area contributed by atoms with Gasteiger partial charge < -0.3 is 15.4 Å². The molecule has 0 radical (unpaired) electrons. The van der Waals surface area contributed by atoms with Crippen LogP contribution in [0.4, 0.5) is 0 Å². The third-order valence-corrected chi connectivity index (χ3v) is 3.63. The minimum absolute atomic E-state index is 0.414. The fraction of sp³-hybridized carbons (Fsp3) is 0.600. The number of ether oxygens (including phenoxy) is 1. The van der Waals surface area contributed by atoms with E-state index in [1.54, 1.807) is 0 Å². The third-order valence-electron chi connectivity index (χ3n) is 3.63. The van der Waals surface area contributed by atoms with Gasteiger partial charge in [-0.3, -0.25) is 0 Å². The Bertz CT molecular complexity index is 336. The lowest BCUT2D eigenvalue weighted by molar-refractivity contribution is 0.0797. The van der Waals surface area contributed by atoms with E-state index in [1.807, 2.05) is 6.07 Å². The van der Waals surface area contributed by atoms with Crippen LogP contribution in [0.2, 0.25) is 0 Å². The molecule has 2 rings (SSSR count). The molecule has 0 saturated carbocycles. The maximum absolute atomic E-state index is 5.90. The van der Waals surface area contributed by atoms with Crippen molar-refractivity contribution in [2.45, 2.75) is 24.9 Å². The van der Waals surface area contributed by atoms with Gasteiger partial charge in [0.05, 0.1) is 6.10 Å². The zero-order valence-corrected chi connectivity index (χ0v) is 11.2. The predicted octanol–water partition coefficient (Wildman–Crippen LogP) is 1.84. The molecule has 2 atom stereocenters. The third kappa shape index (κ3) is 3.80. The van der Waals surface area contributed by atoms with Crippen molar-refractivity contribution in [3.63, 3.8) is 0 Å². The molecule has 18 heavy (non-hydrogen) atoms. The van der Waals surface area contributed by atoms with Crippen molar-refractivity contribution in [2.75, 3.05) is 33.3 Å². The Morgan fingerprint density at radius 1 is 1.39 bits per heavy atom. The topological polar surface area (TPSA) is 38.5 Å². The summed E-state index contributed by atoms with van der Waals surface area (Å²) in [5, 5.41) is 0. The average Bonchev–Trinajstić information content (AvgIpc) is 2.90. The van der Waals surface area contributed by atoms with Crippen LogP contribution in [0.1, 0.15) is 24.3 Å². The number of rotatable bonds is 6. The molecule has 0 aromatic heterocycles. The fourth-order valence-corrected chi connectivity index (χ4v) is 2.63. The number of nitrogens with two attached hydrogens (primary N) is 1. The van der Waals surface area contributed by atoms with Crippen molar-refractivity contribution in [1.82, 2.24) is 4.90 Å². The highest BCUT2D eigenvalue weighted by molar-refractivity contribution is 5.20. The molecule has 2 N–H and O–H groups in total. The number of benzene rings is 1. The number of hydrogen-bond donors (Lipinski definition) is 1. The van der Waals surface area contributed by atoms with E-state index in [9.17, 15) is 0 Å². The maximum atomic E-state index is 5.90. The lowest BCUT2D eigenvalue weighted by Gasteiger charge is -2.25. The molecule has 0 bridgehead atoms. The lowest BCUT2D eigenvalue weighted by atomic mass is 9.98. The smallest absolute Gasteiger partial charge is 0.0702 e. The van der Waals surface area contributed by atoms with Crippen molar-refractivity contribution >= 4 is 0 Å². The molecular weight excluding hydrogens is 224 g/mol. The van der Waals surface area contributed by atoms with Gasteiger partial charge in [-0.25, -0.2) is 0 Å². The second kappa shape index (κ2) is 6.88. The molecule has 3 nitrogen and oxygen atoms in total. The van der Waals surface area contributed by atoms with E-state index in [0.29, 0.717) is 18.6 Å². The van der Waals surface area contributed by atoms with Crippen LogP contribution >= 0.6 is 0 Å². The zero-order chi connectivity index (χ0) is 12.8. The first-order chi connectivity index (χ1) is 8.79. The summed E-state index contributed by atoms with van der Waals surface area (Å²) in [6, 6.07) is 10.5. The molecule has 1 aromatic rings. The van der Waals surface area contributed by atoms with Crippen LogP contribution < -0.4 is 5.73 Å². The molecule has 2 unspecified atom stereocenters. The summed E-state index contributed by atoms with van der Waals surface area (Å²) in [5.74, 6) is 0.414. The van der Waals surface area contributed by atoms with E-state index in [4.69, 9.17) is 10.5 Å². The zero-order valence-electron chi connectivity index (χ0n) is 11.2. The Labute approximate surface area is 110 Å². The molecule has 0 spiro atoms. The van der Waals surface area contributed by atoms with E-state index < -0.39 is 0 Å². The first-order valence-corrected chi connectivity index (χ1v) is 6.84. The van der Waals surface area contributed by atoms with Gasteiger partial charge in [0.1, 0.15) is 0 Å². The Morgan fingerprint density at radius 2 is 2.17 bits per heavy atom. The standard InChI is InChI=1S/C15H24N2O/c1-17(12-15-8-5-9-18-15)11-14(10-16)13-6-3-2-4-7-13/h2-4,6-7,14-15H,5,8-12,16H2,1H3. The van der Waals surface area contributed by atoms with Crippen LogP contribution in [0.25, 0.3) is 0 Å². The molecule has 3 heteroatoms. The second-order valence-corrected chi connectivity index (χ2v) is 5.20. The van der Waals surface area contributed by atoms with Gasteiger partial charge in [-0.1, -0.05) is 30.3 Å². The minimum atomic E-state index is 0.414. The second-order valence-electron chi connectivity index (χ2n) is 5.20. The van der Waals surface area contributed by atoms with E-state index in [-0.39, 0.29) is 0 Å². The van der Waals surface area contributed by atoms with Crippen LogP contribution in [0.5, 0.6) is 0 Å². The number of hydrogen-bond acceptors (Lipinski definition) is 3. The van der Waals surface area contributed by atoms with Crippen LogP contribution in [0.15, 0.2) is 30.3 Å². The summed E-state index contributed by atoms with van der Waals surface area (Å²) in [7, 11) is 2.16. The Kier molecular flexibility index (Phi) is 5.17. The van der Waals surface area contributed by atoms with Gasteiger partial charge in [0.15, 0.2) is 0 Å². The summed E-state index contributed by atoms with van der Waals surface area (Å²) in [4.78, 5) is 2.35. The van der Waals surface area contributed by atoms with Crippen LogP contribution in [-0.4, -0.2) is 44.3 Å². The number of likely N-dealkylation sites (N-methyl/N-ethyl adjacent to an activating group) is 1. The van der Waals surface area contributed by atoms with E-state index in [0.717, 1.165) is 19.7 Å². The molecule has 1 aromatic carbocycles. The van der Waals surface area contributed by atoms with Crippen LogP contribution in [0.3, 0.4) is 0 Å². The summed E-state index contributed by atoms with van der Waals surface area (Å²) in [5.41, 5.74) is 7.24. The van der Waals surface area contributed by atoms with Crippen LogP contribution in [0, 0.1) is 0 Å². The normalized spacial score (nSPS) is 21.4. The highest BCUT2D eigenvalue weighted by atomic mass is 16.5. The lowest BCUT2D eigenvalue weighted by Crippen LogP contribution is -2.34. The first-order valence-electron chi connectivity index (χ1n) is 6.84. The van der Waals surface area contributed by atoms with Gasteiger partial charge in [0.25, 0.3) is 0 Å². The Morgan fingerprint density at radius 3 is 2.78 bits per heavy atom. The van der Waals surface area contributed by atoms with Gasteiger partial charge >= 0.3 is 0 Å². The van der Waals surface area contributed by atoms with Gasteiger partial charge in [-0.15, -0.1) is 0 Å². The summed E-state index contributed by atoms with van der Waals surface area (Å²) in [6.07, 6.45) is 2.82. The van der Waals surface area contributed by atoms with Gasteiger partial charge in [0.2, 0.25) is 0 Å². The minimum Gasteiger partial charge on any atom is -0.377 e. The van der Waals surface area contributed by atoms with Crippen molar-refractivity contribution in [3.8, 4) is 0 Å². The fourth-order valence-electron chi connectivity index (χ4n) is 2.63. The molecule has 100 valence electrons. The molecule has 0 aliphatic carbocycles. The monoisotopic (exact) mass is 248 g/mol. The van der Waals surface area contributed by atoms with Crippen molar-refractivity contribution in [3.05, 3.63) is 35.9 Å². The van der Waals surface area contributed by atoms with Crippen molar-refractivity contribution < 1.29 is 4.74 Å². The Hall–Kier alpha value is -0.900. The molecule has 1 aliphatic heterocycles. The highest BCUT2D eigenvalue weighted by Crippen LogP contribution is 2.17. The van der Waals surface area contributed by atoms with Crippen LogP contribution in [-0.2, 0) is 4.74 Å². The number of nitrogens with zero attached hydrogens (tertiary/aromatic N) is 1. The summed E-state index contributed by atoms with van der Waals surface area (Å²) in [6.45, 7) is 3.64. The van der Waals surface area contributed by atoms with Crippen molar-refractivity contribution in [2.24, 2.45) is 5.73 Å². The quantitative estimate of drug-likeness (QED) is 0.835. The average molecular weight is 248 g/mol. The predicted molar refractivity (Wildman–Crippen MR) is 74.7 cm³/mol. The molecule has 1 heterocycles. The summed E-state index contributed by atoms with van der Waals surface area (Å²) >= 11 is 0. The van der Waals surface area contributed by atoms with Crippen molar-refractivity contribution in [1.29, 1.82) is 0 Å². The summed E-state index contributed by atoms with van der Waals surface area (Å²) < 4.78 is 5.67.